The van der Waals surface area contributed by atoms with E-state index in [2.05, 4.69) is 15.4 Å². The number of ether oxygens (including phenoxy) is 1. The Bertz CT molecular complexity index is 723. The molecule has 0 aromatic heterocycles. The topological polar surface area (TPSA) is 87.7 Å². The highest BCUT2D eigenvalue weighted by Gasteiger charge is 2.56. The smallest absolute Gasteiger partial charge is 0.387 e. The van der Waals surface area contributed by atoms with Crippen molar-refractivity contribution in [3.63, 3.8) is 0 Å². The molecule has 0 radical (unpaired) electrons. The highest BCUT2D eigenvalue weighted by atomic mass is 19.3. The van der Waals surface area contributed by atoms with E-state index in [4.69, 9.17) is 0 Å². The number of para-hydroxylation sites is 2. The van der Waals surface area contributed by atoms with Crippen molar-refractivity contribution >= 4 is 23.5 Å². The van der Waals surface area contributed by atoms with E-state index in [1.54, 1.807) is 6.92 Å². The molecule has 0 bridgehead atoms. The van der Waals surface area contributed by atoms with Gasteiger partial charge in [-0.25, -0.2) is 4.79 Å². The predicted octanol–water partition coefficient (Wildman–Crippen LogP) is 1.95. The number of urea groups is 1. The standard InChI is InChI=1S/C16H17F2N3O4/c1-16(9-6-7-9)13(23)21(15(24)20-16)8-12(22)19-10-4-2-3-5-11(10)25-14(17)18/h2-5,9,14H,6-8H2,1H3,(H,19,22)(H,20,24)/t16-/m1/s1. The van der Waals surface area contributed by atoms with Crippen molar-refractivity contribution in [1.82, 2.24) is 10.2 Å². The number of imide groups is 1. The normalized spacial score (nSPS) is 23.0. The molecule has 1 aromatic carbocycles. The second-order valence-corrected chi connectivity index (χ2v) is 6.22. The third kappa shape index (κ3) is 3.40. The first-order valence-electron chi connectivity index (χ1n) is 7.79. The number of carbonyl (C=O) groups is 3. The quantitative estimate of drug-likeness (QED) is 0.765. The number of amides is 4. The van der Waals surface area contributed by atoms with E-state index in [1.807, 2.05) is 0 Å². The molecule has 9 heteroatoms. The summed E-state index contributed by atoms with van der Waals surface area (Å²) in [7, 11) is 0. The molecule has 3 rings (SSSR count). The Kier molecular flexibility index (Phi) is 4.32. The fourth-order valence-corrected chi connectivity index (χ4v) is 2.90. The third-order valence-electron chi connectivity index (χ3n) is 4.37. The molecule has 1 heterocycles. The molecule has 7 nitrogen and oxygen atoms in total. The molecule has 2 N–H and O–H groups in total. The lowest BCUT2D eigenvalue weighted by Crippen LogP contribution is -2.46. The van der Waals surface area contributed by atoms with Gasteiger partial charge in [-0.05, 0) is 37.8 Å². The number of hydrogen-bond donors (Lipinski definition) is 2. The first-order valence-corrected chi connectivity index (χ1v) is 7.79. The molecule has 4 amide bonds. The average Bonchev–Trinajstić information content (AvgIpc) is 3.35. The van der Waals surface area contributed by atoms with Gasteiger partial charge in [0.05, 0.1) is 5.69 Å². The van der Waals surface area contributed by atoms with Gasteiger partial charge < -0.3 is 15.4 Å². The molecule has 1 saturated heterocycles. The zero-order valence-electron chi connectivity index (χ0n) is 13.4. The van der Waals surface area contributed by atoms with Crippen LogP contribution in [0.15, 0.2) is 24.3 Å². The molecule has 0 unspecified atom stereocenters. The molecule has 1 saturated carbocycles. The highest BCUT2D eigenvalue weighted by molar-refractivity contribution is 6.10. The van der Waals surface area contributed by atoms with Crippen LogP contribution in [0.5, 0.6) is 5.75 Å². The summed E-state index contributed by atoms with van der Waals surface area (Å²) in [5, 5.41) is 5.02. The van der Waals surface area contributed by atoms with E-state index in [0.717, 1.165) is 17.7 Å². The summed E-state index contributed by atoms with van der Waals surface area (Å²) >= 11 is 0. The number of alkyl halides is 2. The van der Waals surface area contributed by atoms with Crippen LogP contribution in [0, 0.1) is 5.92 Å². The van der Waals surface area contributed by atoms with Crippen LogP contribution in [0.25, 0.3) is 0 Å². The van der Waals surface area contributed by atoms with Gasteiger partial charge in [0.25, 0.3) is 5.91 Å². The zero-order chi connectivity index (χ0) is 18.2. The fraction of sp³-hybridized carbons (Fsp3) is 0.438. The Morgan fingerprint density at radius 3 is 2.72 bits per heavy atom. The SMILES string of the molecule is C[C@]1(C2CC2)NC(=O)N(CC(=O)Nc2ccccc2OC(F)F)C1=O. The van der Waals surface area contributed by atoms with Crippen molar-refractivity contribution < 1.29 is 27.9 Å². The van der Waals surface area contributed by atoms with E-state index < -0.39 is 36.5 Å². The Labute approximate surface area is 142 Å². The van der Waals surface area contributed by atoms with Crippen LogP contribution in [0.4, 0.5) is 19.3 Å². The lowest BCUT2D eigenvalue weighted by Gasteiger charge is -2.20. The average molecular weight is 353 g/mol. The summed E-state index contributed by atoms with van der Waals surface area (Å²) in [5.41, 5.74) is -0.946. The summed E-state index contributed by atoms with van der Waals surface area (Å²) in [4.78, 5) is 37.5. The Morgan fingerprint density at radius 2 is 2.08 bits per heavy atom. The molecule has 1 aliphatic heterocycles. The van der Waals surface area contributed by atoms with Gasteiger partial charge in [-0.15, -0.1) is 0 Å². The second kappa shape index (κ2) is 6.30. The van der Waals surface area contributed by atoms with Gasteiger partial charge in [0.2, 0.25) is 5.91 Å². The fourth-order valence-electron chi connectivity index (χ4n) is 2.90. The number of benzene rings is 1. The molecule has 2 fully saturated rings. The Morgan fingerprint density at radius 1 is 1.40 bits per heavy atom. The van der Waals surface area contributed by atoms with Crippen molar-refractivity contribution in [2.45, 2.75) is 31.9 Å². The minimum atomic E-state index is -3.04. The molecule has 1 aliphatic carbocycles. The summed E-state index contributed by atoms with van der Waals surface area (Å²) in [6.07, 6.45) is 1.70. The molecule has 134 valence electrons. The van der Waals surface area contributed by atoms with Crippen molar-refractivity contribution in [2.75, 3.05) is 11.9 Å². The van der Waals surface area contributed by atoms with Crippen LogP contribution in [-0.4, -0.2) is 41.4 Å². The lowest BCUT2D eigenvalue weighted by molar-refractivity contribution is -0.134. The van der Waals surface area contributed by atoms with Crippen LogP contribution >= 0.6 is 0 Å². The van der Waals surface area contributed by atoms with E-state index in [9.17, 15) is 23.2 Å². The number of hydrogen-bond acceptors (Lipinski definition) is 4. The van der Waals surface area contributed by atoms with Crippen molar-refractivity contribution in [2.24, 2.45) is 5.92 Å². The van der Waals surface area contributed by atoms with Gasteiger partial charge in [-0.3, -0.25) is 14.5 Å². The third-order valence-corrected chi connectivity index (χ3v) is 4.37. The van der Waals surface area contributed by atoms with Crippen LogP contribution in [0.2, 0.25) is 0 Å². The van der Waals surface area contributed by atoms with E-state index >= 15 is 0 Å². The Balaban J connectivity index is 1.67. The lowest BCUT2D eigenvalue weighted by atomic mass is 9.96. The molecule has 2 aliphatic rings. The number of nitrogens with one attached hydrogen (secondary N) is 2. The number of halogens is 2. The maximum absolute atomic E-state index is 12.5. The summed E-state index contributed by atoms with van der Waals surface area (Å²) < 4.78 is 29.1. The monoisotopic (exact) mass is 353 g/mol. The number of carbonyl (C=O) groups excluding carboxylic acids is 3. The van der Waals surface area contributed by atoms with Gasteiger partial charge in [0.1, 0.15) is 17.8 Å². The molecule has 1 aromatic rings. The second-order valence-electron chi connectivity index (χ2n) is 6.22. The molecule has 25 heavy (non-hydrogen) atoms. The molecule has 1 atom stereocenters. The van der Waals surface area contributed by atoms with E-state index in [1.165, 1.54) is 24.3 Å². The van der Waals surface area contributed by atoms with Crippen LogP contribution in [0.1, 0.15) is 19.8 Å². The van der Waals surface area contributed by atoms with Gasteiger partial charge in [-0.1, -0.05) is 12.1 Å². The van der Waals surface area contributed by atoms with Gasteiger partial charge >= 0.3 is 12.6 Å². The summed E-state index contributed by atoms with van der Waals surface area (Å²) in [6.45, 7) is -1.90. The predicted molar refractivity (Wildman–Crippen MR) is 83.1 cm³/mol. The first-order chi connectivity index (χ1) is 11.8. The minimum absolute atomic E-state index is 0.0322. The molecular weight excluding hydrogens is 336 g/mol. The number of rotatable bonds is 6. The van der Waals surface area contributed by atoms with Crippen LogP contribution in [0.3, 0.4) is 0 Å². The molecular formula is C16H17F2N3O4. The molecule has 0 spiro atoms. The van der Waals surface area contributed by atoms with Crippen molar-refractivity contribution in [1.29, 1.82) is 0 Å². The van der Waals surface area contributed by atoms with Crippen molar-refractivity contribution in [3.8, 4) is 5.75 Å². The van der Waals surface area contributed by atoms with Crippen LogP contribution < -0.4 is 15.4 Å². The summed E-state index contributed by atoms with van der Waals surface area (Å²) in [6, 6.07) is 5.04. The van der Waals surface area contributed by atoms with Gasteiger partial charge in [0, 0.05) is 0 Å². The highest BCUT2D eigenvalue weighted by Crippen LogP contribution is 2.42. The largest absolute Gasteiger partial charge is 0.433 e. The minimum Gasteiger partial charge on any atom is -0.433 e. The maximum Gasteiger partial charge on any atom is 0.387 e. The van der Waals surface area contributed by atoms with Gasteiger partial charge in [0.15, 0.2) is 0 Å². The Hall–Kier alpha value is -2.71. The van der Waals surface area contributed by atoms with Gasteiger partial charge in [-0.2, -0.15) is 8.78 Å². The number of nitrogens with zero attached hydrogens (tertiary/aromatic N) is 1. The summed E-state index contributed by atoms with van der Waals surface area (Å²) in [5.74, 6) is -1.26. The maximum atomic E-state index is 12.5. The zero-order valence-corrected chi connectivity index (χ0v) is 13.4. The van der Waals surface area contributed by atoms with Crippen LogP contribution in [-0.2, 0) is 9.59 Å². The van der Waals surface area contributed by atoms with E-state index in [0.29, 0.717) is 0 Å². The number of anilines is 1. The van der Waals surface area contributed by atoms with Crippen molar-refractivity contribution in [3.05, 3.63) is 24.3 Å². The first kappa shape index (κ1) is 17.1. The van der Waals surface area contributed by atoms with E-state index in [-0.39, 0.29) is 17.4 Å².